The van der Waals surface area contributed by atoms with E-state index in [1.807, 2.05) is 11.3 Å². The Morgan fingerprint density at radius 2 is 0.633 bits per heavy atom. The molecule has 0 aliphatic rings. The van der Waals surface area contributed by atoms with E-state index < -0.39 is 0 Å². The second-order valence-corrected chi connectivity index (χ2v) is 19.2. The summed E-state index contributed by atoms with van der Waals surface area (Å²) in [5.74, 6) is 0. The minimum atomic E-state index is 0.202. The average Bonchev–Trinajstić information content (AvgIpc) is 3.87. The quantitative estimate of drug-likeness (QED) is 0.122. The van der Waals surface area contributed by atoms with Crippen molar-refractivity contribution in [1.82, 2.24) is 0 Å². The monoisotopic (exact) mass is 842 g/mol. The molecular formula is C58H34SSe. The van der Waals surface area contributed by atoms with Crippen LogP contribution < -0.4 is 0 Å². The molecule has 0 nitrogen and oxygen atoms in total. The van der Waals surface area contributed by atoms with Gasteiger partial charge in [-0.05, 0) is 6.07 Å². The van der Waals surface area contributed by atoms with E-state index in [1.165, 1.54) is 127 Å². The molecule has 0 amide bonds. The number of thiophene rings is 1. The molecule has 0 aliphatic heterocycles. The van der Waals surface area contributed by atoms with Crippen molar-refractivity contribution >= 4 is 108 Å². The summed E-state index contributed by atoms with van der Waals surface area (Å²) >= 11 is 2.08. The third-order valence-electron chi connectivity index (χ3n) is 12.6. The molecule has 2 aromatic heterocycles. The van der Waals surface area contributed by atoms with Gasteiger partial charge in [-0.3, -0.25) is 0 Å². The Kier molecular flexibility index (Phi) is 7.59. The minimum absolute atomic E-state index is 0.202. The van der Waals surface area contributed by atoms with Crippen LogP contribution in [0.15, 0.2) is 206 Å². The fourth-order valence-corrected chi connectivity index (χ4v) is 13.5. The van der Waals surface area contributed by atoms with Crippen molar-refractivity contribution in [2.45, 2.75) is 0 Å². The van der Waals surface area contributed by atoms with Crippen LogP contribution in [0.4, 0.5) is 0 Å². The Bertz CT molecular complexity index is 3770. The number of benzene rings is 11. The van der Waals surface area contributed by atoms with Gasteiger partial charge >= 0.3 is 319 Å². The molecule has 0 fully saturated rings. The van der Waals surface area contributed by atoms with Gasteiger partial charge in [-0.15, -0.1) is 11.3 Å². The Morgan fingerprint density at radius 1 is 0.233 bits per heavy atom. The van der Waals surface area contributed by atoms with E-state index in [4.69, 9.17) is 0 Å². The van der Waals surface area contributed by atoms with Crippen LogP contribution in [-0.4, -0.2) is 14.5 Å². The summed E-state index contributed by atoms with van der Waals surface area (Å²) in [7, 11) is 0. The Hall–Kier alpha value is -6.80. The molecule has 2 heterocycles. The first kappa shape index (κ1) is 34.1. The molecule has 0 saturated heterocycles. The van der Waals surface area contributed by atoms with Gasteiger partial charge in [0, 0.05) is 4.70 Å². The zero-order valence-corrected chi connectivity index (χ0v) is 35.0. The van der Waals surface area contributed by atoms with Crippen molar-refractivity contribution in [3.05, 3.63) is 206 Å². The molecule has 2 heteroatoms. The summed E-state index contributed by atoms with van der Waals surface area (Å²) in [6.45, 7) is 0. The molecule has 0 spiro atoms. The molecule has 0 bridgehead atoms. The first-order valence-corrected chi connectivity index (χ1v) is 23.1. The number of rotatable bonds is 4. The fourth-order valence-electron chi connectivity index (χ4n) is 10.1. The summed E-state index contributed by atoms with van der Waals surface area (Å²) in [4.78, 5) is 0. The number of hydrogen-bond acceptors (Lipinski definition) is 1. The van der Waals surface area contributed by atoms with E-state index >= 15 is 0 Å². The SMILES string of the molecule is c1ccc(-c2c3ccccc3c(-c3ccc4c(c3)[se]c3ccc(-c5c6ccccc6c(-c6ccc7sc8ccccc8c7c6)c6ccccc56)cc34)c3ccccc23)cc1. The van der Waals surface area contributed by atoms with Crippen LogP contribution in [0.1, 0.15) is 0 Å². The van der Waals surface area contributed by atoms with Crippen LogP contribution in [0.3, 0.4) is 0 Å². The third-order valence-corrected chi connectivity index (χ3v) is 16.2. The molecule has 0 N–H and O–H groups in total. The van der Waals surface area contributed by atoms with Gasteiger partial charge in [0.25, 0.3) is 0 Å². The summed E-state index contributed by atoms with van der Waals surface area (Å²) in [6, 6.07) is 77.4. The van der Waals surface area contributed by atoms with E-state index in [2.05, 4.69) is 206 Å². The fraction of sp³-hybridized carbons (Fsp3) is 0. The van der Waals surface area contributed by atoms with E-state index in [9.17, 15) is 0 Å². The molecule has 11 aromatic carbocycles. The topological polar surface area (TPSA) is 0 Å². The molecule has 0 saturated carbocycles. The normalized spacial score (nSPS) is 12.0. The summed E-state index contributed by atoms with van der Waals surface area (Å²) in [5, 5.41) is 15.7. The van der Waals surface area contributed by atoms with Crippen LogP contribution in [0.25, 0.3) is 127 Å². The Labute approximate surface area is 357 Å². The van der Waals surface area contributed by atoms with Crippen molar-refractivity contribution in [3.63, 3.8) is 0 Å². The van der Waals surface area contributed by atoms with E-state index in [0.717, 1.165) is 0 Å². The predicted octanol–water partition coefficient (Wildman–Crippen LogP) is 16.7. The molecule has 0 radical (unpaired) electrons. The van der Waals surface area contributed by atoms with Crippen molar-refractivity contribution in [2.75, 3.05) is 0 Å². The average molecular weight is 842 g/mol. The zero-order chi connectivity index (χ0) is 39.3. The van der Waals surface area contributed by atoms with Crippen LogP contribution >= 0.6 is 11.3 Å². The van der Waals surface area contributed by atoms with Gasteiger partial charge in [-0.25, -0.2) is 0 Å². The predicted molar refractivity (Wildman–Crippen MR) is 263 cm³/mol. The van der Waals surface area contributed by atoms with Crippen molar-refractivity contribution < 1.29 is 0 Å². The molecule has 0 unspecified atom stereocenters. The van der Waals surface area contributed by atoms with E-state index in [1.54, 1.807) is 0 Å². The molecule has 0 atom stereocenters. The van der Waals surface area contributed by atoms with E-state index in [-0.39, 0.29) is 14.5 Å². The number of hydrogen-bond donors (Lipinski definition) is 0. The van der Waals surface area contributed by atoms with Crippen LogP contribution in [0, 0.1) is 0 Å². The van der Waals surface area contributed by atoms with E-state index in [0.29, 0.717) is 0 Å². The van der Waals surface area contributed by atoms with Gasteiger partial charge in [0.05, 0.1) is 0 Å². The summed E-state index contributed by atoms with van der Waals surface area (Å²) < 4.78 is 5.58. The van der Waals surface area contributed by atoms with Crippen LogP contribution in [-0.2, 0) is 0 Å². The van der Waals surface area contributed by atoms with Gasteiger partial charge in [0.15, 0.2) is 0 Å². The third kappa shape index (κ3) is 5.09. The van der Waals surface area contributed by atoms with Gasteiger partial charge < -0.3 is 0 Å². The molecular weight excluding hydrogens is 808 g/mol. The van der Waals surface area contributed by atoms with Crippen LogP contribution in [0.5, 0.6) is 0 Å². The molecule has 13 aromatic rings. The van der Waals surface area contributed by atoms with Crippen LogP contribution in [0.2, 0.25) is 0 Å². The van der Waals surface area contributed by atoms with Crippen molar-refractivity contribution in [3.8, 4) is 44.5 Å². The van der Waals surface area contributed by atoms with Crippen molar-refractivity contribution in [2.24, 2.45) is 0 Å². The second-order valence-electron chi connectivity index (χ2n) is 15.9. The van der Waals surface area contributed by atoms with Gasteiger partial charge in [-0.1, -0.05) is 18.2 Å². The standard InChI is InChI=1S/C58H34SSe/c1-2-14-35(15-3-1)55-41-17-4-6-19-43(41)58(44-20-7-5-18-42(44)55)38-26-29-40-50-33-37(28-31-53(50)60-54(40)34-38)57-47-23-10-8-21-45(47)56(46-22-9-11-24-48(46)57)36-27-30-52-49(32-36)39-16-12-13-25-51(39)59-52/h1-34H. The molecule has 0 aliphatic carbocycles. The van der Waals surface area contributed by atoms with Gasteiger partial charge in [-0.2, -0.15) is 0 Å². The Morgan fingerprint density at radius 3 is 1.18 bits per heavy atom. The number of fused-ring (bicyclic) bond motifs is 10. The maximum absolute atomic E-state index is 2.50. The Balaban J connectivity index is 1.00. The first-order valence-electron chi connectivity index (χ1n) is 20.6. The second kappa shape index (κ2) is 13.4. The first-order chi connectivity index (χ1) is 29.8. The summed E-state index contributed by atoms with van der Waals surface area (Å²) in [6.07, 6.45) is 0. The summed E-state index contributed by atoms with van der Waals surface area (Å²) in [5.41, 5.74) is 10.3. The van der Waals surface area contributed by atoms with Gasteiger partial charge in [0.1, 0.15) is 0 Å². The molecule has 60 heavy (non-hydrogen) atoms. The van der Waals surface area contributed by atoms with Gasteiger partial charge in [0.2, 0.25) is 0 Å². The maximum atomic E-state index is 2.50. The zero-order valence-electron chi connectivity index (χ0n) is 32.4. The van der Waals surface area contributed by atoms with Crippen molar-refractivity contribution in [1.29, 1.82) is 0 Å². The molecule has 278 valence electrons. The molecule has 13 rings (SSSR count).